The number of ether oxygens (including phenoxy) is 4. The van der Waals surface area contributed by atoms with Crippen LogP contribution in [0.2, 0.25) is 0 Å². The maximum Gasteiger partial charge on any atom is 0.306 e. The van der Waals surface area contributed by atoms with Gasteiger partial charge in [-0.25, -0.2) is 0 Å². The normalized spacial score (nSPS) is 21.7. The van der Waals surface area contributed by atoms with Crippen LogP contribution >= 0.6 is 0 Å². The molecular formula is C39H68O12S. The van der Waals surface area contributed by atoms with E-state index in [9.17, 15) is 37.9 Å². The molecule has 1 aliphatic rings. The Labute approximate surface area is 312 Å². The molecule has 0 spiro atoms. The van der Waals surface area contributed by atoms with Gasteiger partial charge in [-0.3, -0.25) is 14.1 Å². The third kappa shape index (κ3) is 25.0. The molecule has 1 saturated heterocycles. The molecule has 0 radical (unpaired) electrons. The van der Waals surface area contributed by atoms with Gasteiger partial charge in [0.2, 0.25) is 0 Å². The Balaban J connectivity index is 2.54. The molecule has 1 fully saturated rings. The Kier molecular flexibility index (Phi) is 27.8. The number of unbranched alkanes of at least 4 members (excludes halogenated alkanes) is 13. The van der Waals surface area contributed by atoms with Gasteiger partial charge in [0.15, 0.2) is 12.4 Å². The van der Waals surface area contributed by atoms with Crippen molar-refractivity contribution in [3.63, 3.8) is 0 Å². The summed E-state index contributed by atoms with van der Waals surface area (Å²) in [6.07, 6.45) is 22.2. The molecule has 6 atom stereocenters. The average Bonchev–Trinajstić information content (AvgIpc) is 3.10. The topological polar surface area (TPSA) is 186 Å². The maximum absolute atomic E-state index is 12.7. The monoisotopic (exact) mass is 760 g/mol. The van der Waals surface area contributed by atoms with Crippen molar-refractivity contribution in [1.82, 2.24) is 0 Å². The van der Waals surface area contributed by atoms with Crippen LogP contribution in [0.4, 0.5) is 0 Å². The van der Waals surface area contributed by atoms with Crippen molar-refractivity contribution >= 4 is 22.1 Å². The van der Waals surface area contributed by atoms with E-state index in [0.29, 0.717) is 12.8 Å². The molecule has 1 heterocycles. The number of aliphatic hydroxyl groups is 3. The zero-order valence-corrected chi connectivity index (χ0v) is 32.5. The minimum Gasteiger partial charge on any atom is -0.462 e. The first kappa shape index (κ1) is 47.9. The lowest BCUT2D eigenvalue weighted by molar-refractivity contribution is -0.297. The van der Waals surface area contributed by atoms with Gasteiger partial charge in [0.1, 0.15) is 36.8 Å². The van der Waals surface area contributed by atoms with Crippen LogP contribution in [0.1, 0.15) is 142 Å². The molecule has 1 aliphatic heterocycles. The van der Waals surface area contributed by atoms with Gasteiger partial charge >= 0.3 is 11.9 Å². The molecule has 12 nitrogen and oxygen atoms in total. The SMILES string of the molecule is CCCCC/C=C/C/C=C/C/C=C/CCCCC(=O)OC[C@H](CO[C@H]1O[C@H](CS(=O)(=O)O)[C@@H](O)C(O)C1O)OC(=O)CCCCCCCCCCC. The Morgan fingerprint density at radius 1 is 0.654 bits per heavy atom. The van der Waals surface area contributed by atoms with E-state index in [4.69, 9.17) is 18.9 Å². The van der Waals surface area contributed by atoms with Crippen molar-refractivity contribution in [2.75, 3.05) is 19.0 Å². The van der Waals surface area contributed by atoms with Crippen molar-refractivity contribution in [3.05, 3.63) is 36.5 Å². The fourth-order valence-electron chi connectivity index (χ4n) is 5.62. The minimum absolute atomic E-state index is 0.156. The highest BCUT2D eigenvalue weighted by Crippen LogP contribution is 2.24. The van der Waals surface area contributed by atoms with Crippen LogP contribution in [-0.4, -0.2) is 96.0 Å². The highest BCUT2D eigenvalue weighted by Gasteiger charge is 2.46. The summed E-state index contributed by atoms with van der Waals surface area (Å²) in [4.78, 5) is 25.2. The third-order valence-electron chi connectivity index (χ3n) is 8.72. The van der Waals surface area contributed by atoms with Crippen molar-refractivity contribution in [3.8, 4) is 0 Å². The van der Waals surface area contributed by atoms with Gasteiger partial charge in [0.05, 0.1) is 6.61 Å². The summed E-state index contributed by atoms with van der Waals surface area (Å²) in [6, 6.07) is 0. The molecule has 302 valence electrons. The van der Waals surface area contributed by atoms with Gasteiger partial charge in [-0.15, -0.1) is 0 Å². The lowest BCUT2D eigenvalue weighted by atomic mass is 10.00. The Morgan fingerprint density at radius 2 is 1.15 bits per heavy atom. The first-order chi connectivity index (χ1) is 25.0. The zero-order valence-electron chi connectivity index (χ0n) is 31.7. The second kappa shape index (κ2) is 30.2. The summed E-state index contributed by atoms with van der Waals surface area (Å²) in [5, 5.41) is 30.7. The molecule has 0 aromatic heterocycles. The van der Waals surface area contributed by atoms with Gasteiger partial charge in [0, 0.05) is 12.8 Å². The summed E-state index contributed by atoms with van der Waals surface area (Å²) in [7, 11) is -4.60. The second-order valence-corrected chi connectivity index (χ2v) is 15.1. The smallest absolute Gasteiger partial charge is 0.306 e. The van der Waals surface area contributed by atoms with Crippen molar-refractivity contribution in [1.29, 1.82) is 0 Å². The summed E-state index contributed by atoms with van der Waals surface area (Å²) in [6.45, 7) is 3.64. The number of rotatable bonds is 31. The van der Waals surface area contributed by atoms with Crippen LogP contribution in [0.25, 0.3) is 0 Å². The highest BCUT2D eigenvalue weighted by molar-refractivity contribution is 7.85. The molecule has 0 saturated carbocycles. The standard InChI is InChI=1S/C39H68O12S/c1-3-5-7-9-11-13-14-15-16-17-18-20-21-23-25-27-34(40)48-29-32(50-35(41)28-26-24-22-19-12-10-8-6-4-2)30-49-39-38(44)37(43)36(42)33(51-39)31-52(45,46)47/h11,13,15-16,18,20,32-33,36-39,42-44H,3-10,12,14,17,19,21-31H2,1-2H3,(H,45,46,47)/b13-11+,16-15+,20-18+/t32-,33-,36-,37?,38?,39+/m1/s1. The molecule has 1 rings (SSSR count). The second-order valence-electron chi connectivity index (χ2n) is 13.6. The molecule has 13 heteroatoms. The summed E-state index contributed by atoms with van der Waals surface area (Å²) in [5.41, 5.74) is 0. The van der Waals surface area contributed by atoms with E-state index in [1.807, 2.05) is 0 Å². The quantitative estimate of drug-likeness (QED) is 0.0255. The molecule has 4 N–H and O–H groups in total. The van der Waals surface area contributed by atoms with Crippen LogP contribution in [-0.2, 0) is 38.7 Å². The summed E-state index contributed by atoms with van der Waals surface area (Å²) in [5.74, 6) is -2.04. The van der Waals surface area contributed by atoms with Gasteiger partial charge < -0.3 is 34.3 Å². The molecule has 0 bridgehead atoms. The number of carbonyl (C=O) groups excluding carboxylic acids is 2. The molecule has 2 unspecified atom stereocenters. The predicted octanol–water partition coefficient (Wildman–Crippen LogP) is 6.66. The number of hydrogen-bond donors (Lipinski definition) is 4. The zero-order chi connectivity index (χ0) is 38.5. The third-order valence-corrected chi connectivity index (χ3v) is 9.47. The molecule has 0 aromatic rings. The van der Waals surface area contributed by atoms with Gasteiger partial charge in [0.25, 0.3) is 10.1 Å². The number of carbonyl (C=O) groups is 2. The van der Waals surface area contributed by atoms with E-state index in [1.54, 1.807) is 0 Å². The number of esters is 2. The van der Waals surface area contributed by atoms with Crippen LogP contribution in [0.15, 0.2) is 36.5 Å². The van der Waals surface area contributed by atoms with Gasteiger partial charge in [-0.05, 0) is 51.4 Å². The van der Waals surface area contributed by atoms with E-state index in [2.05, 4.69) is 50.3 Å². The first-order valence-electron chi connectivity index (χ1n) is 19.5. The van der Waals surface area contributed by atoms with Crippen molar-refractivity contribution < 1.29 is 56.8 Å². The lowest BCUT2D eigenvalue weighted by Crippen LogP contribution is -2.60. The molecule has 52 heavy (non-hydrogen) atoms. The number of hydrogen-bond acceptors (Lipinski definition) is 11. The summed E-state index contributed by atoms with van der Waals surface area (Å²) >= 11 is 0. The predicted molar refractivity (Wildman–Crippen MR) is 201 cm³/mol. The van der Waals surface area contributed by atoms with Crippen LogP contribution in [0.3, 0.4) is 0 Å². The number of allylic oxidation sites excluding steroid dienone is 6. The first-order valence-corrected chi connectivity index (χ1v) is 21.2. The minimum atomic E-state index is -4.60. The Morgan fingerprint density at radius 3 is 1.75 bits per heavy atom. The van der Waals surface area contributed by atoms with Crippen molar-refractivity contribution in [2.45, 2.75) is 179 Å². The van der Waals surface area contributed by atoms with E-state index in [0.717, 1.165) is 51.4 Å². The Hall–Kier alpha value is -2.13. The van der Waals surface area contributed by atoms with Crippen molar-refractivity contribution in [2.24, 2.45) is 0 Å². The molecular weight excluding hydrogens is 692 g/mol. The van der Waals surface area contributed by atoms with E-state index in [1.165, 1.54) is 51.4 Å². The van der Waals surface area contributed by atoms with Gasteiger partial charge in [-0.1, -0.05) is 115 Å². The molecule has 0 amide bonds. The van der Waals surface area contributed by atoms with Crippen LogP contribution in [0, 0.1) is 0 Å². The van der Waals surface area contributed by atoms with E-state index in [-0.39, 0.29) is 19.4 Å². The Bertz CT molecular complexity index is 1120. The fourth-order valence-corrected chi connectivity index (χ4v) is 6.31. The van der Waals surface area contributed by atoms with E-state index < -0.39 is 71.2 Å². The lowest BCUT2D eigenvalue weighted by Gasteiger charge is -2.40. The largest absolute Gasteiger partial charge is 0.462 e. The number of aliphatic hydroxyl groups excluding tert-OH is 3. The molecule has 0 aromatic carbocycles. The average molecular weight is 761 g/mol. The fraction of sp³-hybridized carbons (Fsp3) is 0.795. The van der Waals surface area contributed by atoms with Crippen LogP contribution < -0.4 is 0 Å². The van der Waals surface area contributed by atoms with Gasteiger partial charge in [-0.2, -0.15) is 8.42 Å². The summed E-state index contributed by atoms with van der Waals surface area (Å²) < 4.78 is 53.7. The van der Waals surface area contributed by atoms with E-state index >= 15 is 0 Å². The highest BCUT2D eigenvalue weighted by atomic mass is 32.2. The van der Waals surface area contributed by atoms with Crippen LogP contribution in [0.5, 0.6) is 0 Å². The molecule has 0 aliphatic carbocycles. The maximum atomic E-state index is 12.7.